The Labute approximate surface area is 156 Å². The second kappa shape index (κ2) is 5.88. The fourth-order valence-corrected chi connectivity index (χ4v) is 3.97. The van der Waals surface area contributed by atoms with E-state index in [-0.39, 0.29) is 12.1 Å². The first-order valence-electron chi connectivity index (χ1n) is 8.68. The minimum Gasteiger partial charge on any atom is -0.351 e. The van der Waals surface area contributed by atoms with Crippen LogP contribution in [0.1, 0.15) is 22.3 Å². The Morgan fingerprint density at radius 2 is 1.93 bits per heavy atom. The lowest BCUT2D eigenvalue weighted by molar-refractivity contribution is -0.138. The summed E-state index contributed by atoms with van der Waals surface area (Å²) in [6.07, 6.45) is -0.291. The molecule has 0 aliphatic carbocycles. The highest BCUT2D eigenvalue weighted by Gasteiger charge is 2.49. The van der Waals surface area contributed by atoms with E-state index in [0.717, 1.165) is 24.9 Å². The lowest BCUT2D eigenvalue weighted by Gasteiger charge is -2.56. The first-order valence-corrected chi connectivity index (χ1v) is 8.68. The Hall–Kier alpha value is -3.24. The Balaban J connectivity index is 1.37. The monoisotopic (exact) mass is 389 g/mol. The first-order chi connectivity index (χ1) is 13.4. The van der Waals surface area contributed by atoms with E-state index in [2.05, 4.69) is 20.3 Å². The topological polar surface area (TPSA) is 79.5 Å². The lowest BCUT2D eigenvalue weighted by atomic mass is 9.86. The third-order valence-electron chi connectivity index (χ3n) is 5.26. The summed E-state index contributed by atoms with van der Waals surface area (Å²) < 4.78 is 41.3. The average molecular weight is 389 g/mol. The maximum absolute atomic E-state index is 13.2. The van der Waals surface area contributed by atoms with Gasteiger partial charge in [0.25, 0.3) is 5.91 Å². The average Bonchev–Trinajstić information content (AvgIpc) is 3.15. The Morgan fingerprint density at radius 3 is 2.68 bits per heavy atom. The van der Waals surface area contributed by atoms with Crippen LogP contribution in [-0.2, 0) is 6.18 Å². The van der Waals surface area contributed by atoms with Crippen molar-refractivity contribution in [2.75, 3.05) is 18.0 Å². The van der Waals surface area contributed by atoms with Crippen LogP contribution in [0.25, 0.3) is 5.65 Å². The summed E-state index contributed by atoms with van der Waals surface area (Å²) in [6.45, 7) is 1.01. The third kappa shape index (κ3) is 2.57. The molecule has 3 aromatic heterocycles. The molecule has 2 bridgehead atoms. The first kappa shape index (κ1) is 16.9. The van der Waals surface area contributed by atoms with Crippen LogP contribution in [0.4, 0.5) is 19.0 Å². The van der Waals surface area contributed by atoms with Gasteiger partial charge in [0, 0.05) is 25.5 Å². The molecule has 1 amide bonds. The molecule has 6 heterocycles. The maximum atomic E-state index is 13.2. The van der Waals surface area contributed by atoms with Gasteiger partial charge in [-0.2, -0.15) is 17.7 Å². The van der Waals surface area contributed by atoms with Gasteiger partial charge in [0.05, 0.1) is 23.2 Å². The summed E-state index contributed by atoms with van der Waals surface area (Å²) in [5.41, 5.74) is -0.727. The van der Waals surface area contributed by atoms with E-state index in [4.69, 9.17) is 0 Å². The number of piperazine rings is 1. The molecule has 0 N–H and O–H groups in total. The minimum atomic E-state index is -4.60. The molecule has 8 nitrogen and oxygen atoms in total. The van der Waals surface area contributed by atoms with Gasteiger partial charge in [-0.3, -0.25) is 9.78 Å². The van der Waals surface area contributed by atoms with Gasteiger partial charge in [-0.15, -0.1) is 15.3 Å². The molecule has 3 aliphatic rings. The van der Waals surface area contributed by atoms with Crippen LogP contribution in [-0.4, -0.2) is 60.8 Å². The van der Waals surface area contributed by atoms with Crippen molar-refractivity contribution in [3.63, 3.8) is 0 Å². The summed E-state index contributed by atoms with van der Waals surface area (Å²) in [7, 11) is 0. The van der Waals surface area contributed by atoms with E-state index >= 15 is 0 Å². The molecule has 2 unspecified atom stereocenters. The maximum Gasteiger partial charge on any atom is 0.417 e. The molecule has 144 valence electrons. The smallest absolute Gasteiger partial charge is 0.351 e. The molecule has 11 heteroatoms. The zero-order chi connectivity index (χ0) is 19.5. The highest BCUT2D eigenvalue weighted by Crippen LogP contribution is 2.38. The van der Waals surface area contributed by atoms with Crippen molar-refractivity contribution in [1.82, 2.24) is 29.7 Å². The number of amides is 1. The van der Waals surface area contributed by atoms with Gasteiger partial charge >= 0.3 is 6.18 Å². The lowest BCUT2D eigenvalue weighted by Crippen LogP contribution is -2.70. The van der Waals surface area contributed by atoms with Gasteiger partial charge in [-0.1, -0.05) is 0 Å². The van der Waals surface area contributed by atoms with E-state index in [9.17, 15) is 18.0 Å². The number of aromatic nitrogens is 5. The molecule has 3 aromatic rings. The van der Waals surface area contributed by atoms with Crippen molar-refractivity contribution in [2.45, 2.75) is 24.7 Å². The number of hydrogen-bond acceptors (Lipinski definition) is 6. The summed E-state index contributed by atoms with van der Waals surface area (Å²) >= 11 is 0. The number of fused-ring (bicyclic) bond motifs is 3. The van der Waals surface area contributed by atoms with Crippen molar-refractivity contribution in [3.8, 4) is 0 Å². The van der Waals surface area contributed by atoms with Crippen LogP contribution >= 0.6 is 0 Å². The molecule has 0 saturated carbocycles. The molecule has 2 atom stereocenters. The van der Waals surface area contributed by atoms with E-state index in [1.54, 1.807) is 15.5 Å². The SMILES string of the molecule is O=C(c1cnccc1C(F)(F)F)N1C2CC1CN(c1ccc3nncn3n1)C2. The molecular weight excluding hydrogens is 375 g/mol. The number of anilines is 1. The number of nitrogens with zero attached hydrogens (tertiary/aromatic N) is 7. The fourth-order valence-electron chi connectivity index (χ4n) is 3.97. The van der Waals surface area contributed by atoms with E-state index in [1.165, 1.54) is 6.33 Å². The molecule has 3 fully saturated rings. The highest BCUT2D eigenvalue weighted by atomic mass is 19.4. The van der Waals surface area contributed by atoms with Crippen molar-refractivity contribution in [2.24, 2.45) is 0 Å². The van der Waals surface area contributed by atoms with Crippen LogP contribution in [0.5, 0.6) is 0 Å². The predicted molar refractivity (Wildman–Crippen MR) is 90.6 cm³/mol. The van der Waals surface area contributed by atoms with Crippen molar-refractivity contribution in [1.29, 1.82) is 0 Å². The quantitative estimate of drug-likeness (QED) is 0.663. The second-order valence-corrected chi connectivity index (χ2v) is 6.91. The largest absolute Gasteiger partial charge is 0.417 e. The molecule has 0 radical (unpaired) electrons. The van der Waals surface area contributed by atoms with Crippen molar-refractivity contribution >= 4 is 17.4 Å². The van der Waals surface area contributed by atoms with Crippen LogP contribution in [0.2, 0.25) is 0 Å². The van der Waals surface area contributed by atoms with E-state index in [1.807, 2.05) is 11.0 Å². The summed E-state index contributed by atoms with van der Waals surface area (Å²) in [5, 5.41) is 12.1. The Bertz CT molecular complexity index is 1050. The third-order valence-corrected chi connectivity index (χ3v) is 5.26. The van der Waals surface area contributed by atoms with Gasteiger partial charge in [-0.25, -0.2) is 0 Å². The van der Waals surface area contributed by atoms with E-state index < -0.39 is 23.2 Å². The summed E-state index contributed by atoms with van der Waals surface area (Å²) in [4.78, 5) is 20.1. The molecule has 3 saturated heterocycles. The molecule has 0 aromatic carbocycles. The number of halogens is 3. The summed E-state index contributed by atoms with van der Waals surface area (Å²) in [5.74, 6) is 0.0926. The normalized spacial score (nSPS) is 21.7. The van der Waals surface area contributed by atoms with Crippen LogP contribution in [0, 0.1) is 0 Å². The van der Waals surface area contributed by atoms with Crippen LogP contribution in [0.15, 0.2) is 36.9 Å². The van der Waals surface area contributed by atoms with Crippen molar-refractivity contribution < 1.29 is 18.0 Å². The molecule has 3 aliphatic heterocycles. The summed E-state index contributed by atoms with van der Waals surface area (Å²) in [6, 6.07) is 4.14. The molecular formula is C17H14F3N7O. The number of alkyl halides is 3. The van der Waals surface area contributed by atoms with Gasteiger partial charge in [-0.05, 0) is 24.6 Å². The van der Waals surface area contributed by atoms with Crippen molar-refractivity contribution in [3.05, 3.63) is 48.0 Å². The second-order valence-electron chi connectivity index (χ2n) is 6.91. The zero-order valence-electron chi connectivity index (χ0n) is 14.4. The zero-order valence-corrected chi connectivity index (χ0v) is 14.4. The Kier molecular flexibility index (Phi) is 3.55. The number of rotatable bonds is 2. The number of carbonyl (C=O) groups excluding carboxylic acids is 1. The number of piperidine rings is 1. The number of pyridine rings is 1. The van der Waals surface area contributed by atoms with Crippen LogP contribution in [0.3, 0.4) is 0 Å². The highest BCUT2D eigenvalue weighted by molar-refractivity contribution is 5.96. The standard InChI is InChI=1S/C17H14F3N7O/c18-17(19,20)13-3-4-21-6-12(13)16(28)27-10-5-11(27)8-25(7-10)15-2-1-14-23-22-9-26(14)24-15/h1-4,6,9-11H,5,7-8H2. The molecule has 0 spiro atoms. The molecule has 28 heavy (non-hydrogen) atoms. The Morgan fingerprint density at radius 1 is 1.14 bits per heavy atom. The van der Waals surface area contributed by atoms with E-state index in [0.29, 0.717) is 24.6 Å². The predicted octanol–water partition coefficient (Wildman–Crippen LogP) is 1.64. The number of hydrogen-bond donors (Lipinski definition) is 0. The van der Waals surface area contributed by atoms with Gasteiger partial charge in [0.15, 0.2) is 5.65 Å². The van der Waals surface area contributed by atoms with Gasteiger partial charge in [0.2, 0.25) is 0 Å². The van der Waals surface area contributed by atoms with Gasteiger partial charge < -0.3 is 9.80 Å². The minimum absolute atomic E-state index is 0.161. The fraction of sp³-hybridized carbons (Fsp3) is 0.353. The van der Waals surface area contributed by atoms with Crippen LogP contribution < -0.4 is 4.90 Å². The van der Waals surface area contributed by atoms with Gasteiger partial charge in [0.1, 0.15) is 12.1 Å². The number of carbonyl (C=O) groups is 1. The molecule has 6 rings (SSSR count).